The van der Waals surface area contributed by atoms with Gasteiger partial charge in [0.05, 0.1) is 7.11 Å². The van der Waals surface area contributed by atoms with Gasteiger partial charge in [0, 0.05) is 50.7 Å². The zero-order chi connectivity index (χ0) is 29.6. The van der Waals surface area contributed by atoms with Gasteiger partial charge in [0.15, 0.2) is 11.4 Å². The maximum Gasteiger partial charge on any atom is 0.311 e. The van der Waals surface area contributed by atoms with Crippen LogP contribution in [0.25, 0.3) is 0 Å². The van der Waals surface area contributed by atoms with Crippen LogP contribution in [0, 0.1) is 0 Å². The Bertz CT molecular complexity index is 1330. The maximum atomic E-state index is 13.2. The Morgan fingerprint density at radius 3 is 1.88 bits per heavy atom. The van der Waals surface area contributed by atoms with E-state index in [0.29, 0.717) is 20.1 Å². The lowest BCUT2D eigenvalue weighted by atomic mass is 9.85. The Morgan fingerprint density at radius 1 is 0.875 bits per heavy atom. The molecule has 0 saturated heterocycles. The van der Waals surface area contributed by atoms with Gasteiger partial charge in [-0.1, -0.05) is 53.3 Å². The van der Waals surface area contributed by atoms with Gasteiger partial charge in [0.25, 0.3) is 5.91 Å². The molecule has 3 rings (SSSR count). The van der Waals surface area contributed by atoms with Crippen molar-refractivity contribution in [3.63, 3.8) is 0 Å². The van der Waals surface area contributed by atoms with Crippen LogP contribution in [0.15, 0.2) is 48.7 Å². The summed E-state index contributed by atoms with van der Waals surface area (Å²) in [6.07, 6.45) is 1.41. The van der Waals surface area contributed by atoms with Crippen LogP contribution in [-0.4, -0.2) is 42.0 Å². The van der Waals surface area contributed by atoms with Gasteiger partial charge in [-0.05, 0) is 61.4 Å². The Morgan fingerprint density at radius 2 is 1.40 bits per heavy atom. The first-order chi connectivity index (χ1) is 18.9. The van der Waals surface area contributed by atoms with Crippen molar-refractivity contribution in [2.24, 2.45) is 0 Å². The molecular weight excluding hydrogens is 600 g/mol. The van der Waals surface area contributed by atoms with E-state index in [0.717, 1.165) is 11.1 Å². The van der Waals surface area contributed by atoms with Crippen molar-refractivity contribution in [2.75, 3.05) is 7.11 Å². The van der Waals surface area contributed by atoms with Gasteiger partial charge in [-0.3, -0.25) is 14.4 Å². The quantitative estimate of drug-likeness (QED) is 0.250. The molecule has 0 spiro atoms. The van der Waals surface area contributed by atoms with E-state index in [1.165, 1.54) is 26.3 Å². The van der Waals surface area contributed by atoms with Gasteiger partial charge in [0.1, 0.15) is 6.04 Å². The number of hydrogen-bond donors (Lipinski definition) is 2. The number of carbonyl (C=O) groups excluding carboxylic acids is 3. The third-order valence-corrected chi connectivity index (χ3v) is 6.78. The van der Waals surface area contributed by atoms with Crippen LogP contribution in [0.2, 0.25) is 20.1 Å². The first kappa shape index (κ1) is 31.5. The monoisotopic (exact) mass is 625 g/mol. The van der Waals surface area contributed by atoms with E-state index < -0.39 is 35.8 Å². The average Bonchev–Trinajstić information content (AvgIpc) is 2.87. The van der Waals surface area contributed by atoms with Crippen molar-refractivity contribution in [3.8, 4) is 11.5 Å². The molecular formula is C28H27Cl4N3O5. The first-order valence-electron chi connectivity index (χ1n) is 12.2. The zero-order valence-electron chi connectivity index (χ0n) is 22.1. The maximum absolute atomic E-state index is 13.2. The predicted octanol–water partition coefficient (Wildman–Crippen LogP) is 6.47. The molecule has 3 aromatic rings. The molecule has 0 aliphatic rings. The molecule has 12 heteroatoms. The second-order valence-electron chi connectivity index (χ2n) is 8.89. The Kier molecular flexibility index (Phi) is 11.0. The van der Waals surface area contributed by atoms with E-state index >= 15 is 0 Å². The van der Waals surface area contributed by atoms with Crippen molar-refractivity contribution in [1.29, 1.82) is 0 Å². The molecule has 2 N–H and O–H groups in total. The fraction of sp³-hybridized carbons (Fsp3) is 0.286. The highest BCUT2D eigenvalue weighted by atomic mass is 35.5. The number of ether oxygens (including phenoxy) is 2. The number of nitrogens with zero attached hydrogens (tertiary/aromatic N) is 1. The van der Waals surface area contributed by atoms with Gasteiger partial charge < -0.3 is 20.1 Å². The standard InChI is InChI=1S/C28H27Cl4N3O5/c1-5-23(36)40-26-22(39-4)6-7-33-25(26)28(38)35-15(3)27(37)34-14(2)24(16-8-18(29)12-19(30)9-16)17-10-20(31)13-21(32)11-17/h6-15,24H,5H2,1-4H3,(H,34,37)(H,35,38)/t14-,15-/m0/s1. The summed E-state index contributed by atoms with van der Waals surface area (Å²) in [7, 11) is 1.37. The number of benzene rings is 2. The molecule has 1 heterocycles. The molecule has 8 nitrogen and oxygen atoms in total. The van der Waals surface area contributed by atoms with Crippen LogP contribution >= 0.6 is 46.4 Å². The van der Waals surface area contributed by atoms with Crippen molar-refractivity contribution < 1.29 is 23.9 Å². The van der Waals surface area contributed by atoms with Crippen molar-refractivity contribution in [2.45, 2.75) is 45.2 Å². The minimum atomic E-state index is -0.996. The lowest BCUT2D eigenvalue weighted by Gasteiger charge is -2.28. The van der Waals surface area contributed by atoms with Gasteiger partial charge in [-0.15, -0.1) is 0 Å². The number of esters is 1. The smallest absolute Gasteiger partial charge is 0.311 e. The summed E-state index contributed by atoms with van der Waals surface area (Å²) < 4.78 is 10.5. The van der Waals surface area contributed by atoms with Crippen LogP contribution in [0.3, 0.4) is 0 Å². The van der Waals surface area contributed by atoms with Crippen molar-refractivity contribution >= 4 is 64.2 Å². The molecule has 2 amide bonds. The summed E-state index contributed by atoms with van der Waals surface area (Å²) >= 11 is 25.1. The third kappa shape index (κ3) is 8.01. The van der Waals surface area contributed by atoms with E-state index in [9.17, 15) is 14.4 Å². The normalized spacial score (nSPS) is 12.4. The van der Waals surface area contributed by atoms with Gasteiger partial charge >= 0.3 is 5.97 Å². The molecule has 0 unspecified atom stereocenters. The number of nitrogens with one attached hydrogen (secondary N) is 2. The zero-order valence-corrected chi connectivity index (χ0v) is 25.1. The molecule has 2 aromatic carbocycles. The fourth-order valence-electron chi connectivity index (χ4n) is 4.08. The van der Waals surface area contributed by atoms with Gasteiger partial charge in [-0.2, -0.15) is 0 Å². The van der Waals surface area contributed by atoms with Crippen LogP contribution in [-0.2, 0) is 9.59 Å². The molecule has 0 aliphatic heterocycles. The SMILES string of the molecule is CCC(=O)Oc1c(OC)ccnc1C(=O)N[C@@H](C)C(=O)N[C@@H](C)C(c1cc(Cl)cc(Cl)c1)c1cc(Cl)cc(Cl)c1. The summed E-state index contributed by atoms with van der Waals surface area (Å²) in [6.45, 7) is 4.92. The topological polar surface area (TPSA) is 107 Å². The summed E-state index contributed by atoms with van der Waals surface area (Å²) in [5.41, 5.74) is 1.25. The average molecular weight is 627 g/mol. The third-order valence-electron chi connectivity index (χ3n) is 5.91. The molecule has 0 bridgehead atoms. The van der Waals surface area contributed by atoms with Crippen LogP contribution in [0.1, 0.15) is 54.7 Å². The molecule has 0 radical (unpaired) electrons. The molecule has 2 atom stereocenters. The van der Waals surface area contributed by atoms with E-state index in [2.05, 4.69) is 15.6 Å². The highest BCUT2D eigenvalue weighted by molar-refractivity contribution is 6.35. The second kappa shape index (κ2) is 14.0. The van der Waals surface area contributed by atoms with Crippen molar-refractivity contribution in [3.05, 3.63) is 85.6 Å². The van der Waals surface area contributed by atoms with Crippen LogP contribution in [0.4, 0.5) is 0 Å². The van der Waals surface area contributed by atoms with E-state index in [1.807, 2.05) is 0 Å². The second-order valence-corrected chi connectivity index (χ2v) is 10.6. The Hall–Kier alpha value is -3.04. The number of carbonyl (C=O) groups is 3. The number of halogens is 4. The summed E-state index contributed by atoms with van der Waals surface area (Å²) in [5, 5.41) is 7.21. The van der Waals surface area contributed by atoms with Gasteiger partial charge in [-0.25, -0.2) is 4.98 Å². The van der Waals surface area contributed by atoms with Gasteiger partial charge in [0.2, 0.25) is 11.7 Å². The largest absolute Gasteiger partial charge is 0.493 e. The molecule has 0 aliphatic carbocycles. The summed E-state index contributed by atoms with van der Waals surface area (Å²) in [4.78, 5) is 42.3. The molecule has 1 aromatic heterocycles. The summed E-state index contributed by atoms with van der Waals surface area (Å²) in [5.74, 6) is -2.22. The highest BCUT2D eigenvalue weighted by Gasteiger charge is 2.28. The van der Waals surface area contributed by atoms with Crippen molar-refractivity contribution in [1.82, 2.24) is 15.6 Å². The minimum Gasteiger partial charge on any atom is -0.493 e. The van der Waals surface area contributed by atoms with E-state index in [-0.39, 0.29) is 23.6 Å². The summed E-state index contributed by atoms with van der Waals surface area (Å²) in [6, 6.07) is 10.1. The first-order valence-corrected chi connectivity index (χ1v) is 13.7. The Labute approximate surface area is 252 Å². The molecule has 212 valence electrons. The molecule has 40 heavy (non-hydrogen) atoms. The fourth-order valence-corrected chi connectivity index (χ4v) is 5.17. The van der Waals surface area contributed by atoms with Crippen LogP contribution in [0.5, 0.6) is 11.5 Å². The van der Waals surface area contributed by atoms with E-state index in [1.54, 1.807) is 50.2 Å². The predicted molar refractivity (Wildman–Crippen MR) is 156 cm³/mol. The number of aromatic nitrogens is 1. The number of rotatable bonds is 10. The number of hydrogen-bond acceptors (Lipinski definition) is 6. The Balaban J connectivity index is 1.85. The van der Waals surface area contributed by atoms with E-state index in [4.69, 9.17) is 55.9 Å². The molecule has 0 fully saturated rings. The number of pyridine rings is 1. The lowest BCUT2D eigenvalue weighted by Crippen LogP contribution is -2.49. The minimum absolute atomic E-state index is 0.0760. The highest BCUT2D eigenvalue weighted by Crippen LogP contribution is 2.35. The van der Waals surface area contributed by atoms with Crippen LogP contribution < -0.4 is 20.1 Å². The lowest BCUT2D eigenvalue weighted by molar-refractivity contribution is -0.134. The molecule has 0 saturated carbocycles. The number of amides is 2. The number of methoxy groups -OCH3 is 1.